The fourth-order valence-electron chi connectivity index (χ4n) is 2.14. The van der Waals surface area contributed by atoms with Crippen LogP contribution in [0.2, 0.25) is 0 Å². The van der Waals surface area contributed by atoms with E-state index in [1.165, 1.54) is 5.56 Å². The van der Waals surface area contributed by atoms with Gasteiger partial charge in [-0.05, 0) is 52.2 Å². The molecule has 1 N–H and O–H groups in total. The Bertz CT molecular complexity index is 815. The van der Waals surface area contributed by atoms with E-state index in [0.717, 1.165) is 28.9 Å². The van der Waals surface area contributed by atoms with Crippen LogP contribution in [-0.2, 0) is 13.0 Å². The first-order chi connectivity index (χ1) is 11.2. The van der Waals surface area contributed by atoms with Gasteiger partial charge >= 0.3 is 0 Å². The largest absolute Gasteiger partial charge is 0.340 e. The van der Waals surface area contributed by atoms with Crippen LogP contribution in [0.15, 0.2) is 59.5 Å². The topological polar surface area (TPSA) is 66.5 Å². The molecule has 0 unspecified atom stereocenters. The van der Waals surface area contributed by atoms with Crippen molar-refractivity contribution in [3.05, 3.63) is 70.6 Å². The minimum absolute atomic E-state index is 0.552. The van der Waals surface area contributed by atoms with Crippen LogP contribution in [-0.4, -0.2) is 14.8 Å². The lowest BCUT2D eigenvalue weighted by Gasteiger charge is -2.07. The lowest BCUT2D eigenvalue weighted by Crippen LogP contribution is -2.01. The number of halogens is 1. The SMILES string of the molecule is N#Cc1ccc(Nc2ccc(CCn3cc(Br)cn3)cc2)nc1. The number of pyridine rings is 1. The molecule has 0 aliphatic rings. The average molecular weight is 368 g/mol. The summed E-state index contributed by atoms with van der Waals surface area (Å²) in [6, 6.07) is 13.8. The molecule has 5 nitrogen and oxygen atoms in total. The van der Waals surface area contributed by atoms with Gasteiger partial charge in [0.15, 0.2) is 0 Å². The molecule has 0 fully saturated rings. The van der Waals surface area contributed by atoms with Gasteiger partial charge in [-0.3, -0.25) is 4.68 Å². The van der Waals surface area contributed by atoms with Gasteiger partial charge in [-0.1, -0.05) is 12.1 Å². The highest BCUT2D eigenvalue weighted by Gasteiger charge is 2.00. The van der Waals surface area contributed by atoms with Gasteiger partial charge in [-0.15, -0.1) is 0 Å². The summed E-state index contributed by atoms with van der Waals surface area (Å²) in [4.78, 5) is 4.20. The van der Waals surface area contributed by atoms with E-state index in [4.69, 9.17) is 5.26 Å². The lowest BCUT2D eigenvalue weighted by molar-refractivity contribution is 0.614. The van der Waals surface area contributed by atoms with Gasteiger partial charge in [0, 0.05) is 24.6 Å². The number of hydrogen-bond donors (Lipinski definition) is 1. The summed E-state index contributed by atoms with van der Waals surface area (Å²) in [5, 5.41) is 16.2. The Kier molecular flexibility index (Phi) is 4.69. The standard InChI is InChI=1S/C17H14BrN5/c18-15-11-21-23(12-15)8-7-13-1-4-16(5-2-13)22-17-6-3-14(9-19)10-20-17/h1-6,10-12H,7-8H2,(H,20,22). The van der Waals surface area contributed by atoms with Crippen molar-refractivity contribution in [3.8, 4) is 6.07 Å². The zero-order chi connectivity index (χ0) is 16.1. The molecular formula is C17H14BrN5. The molecule has 0 saturated carbocycles. The average Bonchev–Trinajstić information content (AvgIpc) is 3.00. The van der Waals surface area contributed by atoms with Gasteiger partial charge in [0.05, 0.1) is 16.2 Å². The second-order valence-electron chi connectivity index (χ2n) is 5.04. The summed E-state index contributed by atoms with van der Waals surface area (Å²) in [6.07, 6.45) is 6.23. The maximum Gasteiger partial charge on any atom is 0.130 e. The van der Waals surface area contributed by atoms with Crippen LogP contribution in [0.3, 0.4) is 0 Å². The quantitative estimate of drug-likeness (QED) is 0.742. The van der Waals surface area contributed by atoms with Crippen LogP contribution < -0.4 is 5.32 Å². The molecule has 0 bridgehead atoms. The highest BCUT2D eigenvalue weighted by Crippen LogP contribution is 2.16. The van der Waals surface area contributed by atoms with E-state index in [9.17, 15) is 0 Å². The molecule has 3 aromatic rings. The van der Waals surface area contributed by atoms with Crippen LogP contribution in [0.4, 0.5) is 11.5 Å². The minimum atomic E-state index is 0.552. The molecule has 114 valence electrons. The second kappa shape index (κ2) is 7.07. The summed E-state index contributed by atoms with van der Waals surface area (Å²) in [6.45, 7) is 0.843. The highest BCUT2D eigenvalue weighted by molar-refractivity contribution is 9.10. The van der Waals surface area contributed by atoms with E-state index < -0.39 is 0 Å². The minimum Gasteiger partial charge on any atom is -0.340 e. The number of anilines is 2. The number of aromatic nitrogens is 3. The third-order valence-corrected chi connectivity index (χ3v) is 3.76. The van der Waals surface area contributed by atoms with E-state index in [-0.39, 0.29) is 0 Å². The van der Waals surface area contributed by atoms with Gasteiger partial charge in [-0.25, -0.2) is 4.98 Å². The number of nitrogens with zero attached hydrogens (tertiary/aromatic N) is 4. The lowest BCUT2D eigenvalue weighted by atomic mass is 10.1. The Hall–Kier alpha value is -2.65. The molecular weight excluding hydrogens is 354 g/mol. The van der Waals surface area contributed by atoms with E-state index in [1.54, 1.807) is 24.5 Å². The molecule has 3 rings (SSSR count). The number of benzene rings is 1. The number of nitriles is 1. The third-order valence-electron chi connectivity index (χ3n) is 3.35. The van der Waals surface area contributed by atoms with Crippen molar-refractivity contribution in [1.29, 1.82) is 5.26 Å². The fourth-order valence-corrected chi connectivity index (χ4v) is 2.47. The van der Waals surface area contributed by atoms with Crippen molar-refractivity contribution in [3.63, 3.8) is 0 Å². The van der Waals surface area contributed by atoms with Gasteiger partial charge in [0.25, 0.3) is 0 Å². The second-order valence-corrected chi connectivity index (χ2v) is 5.95. The number of hydrogen-bond acceptors (Lipinski definition) is 4. The highest BCUT2D eigenvalue weighted by atomic mass is 79.9. The fraction of sp³-hybridized carbons (Fsp3) is 0.118. The molecule has 6 heteroatoms. The zero-order valence-corrected chi connectivity index (χ0v) is 13.9. The Labute approximate surface area is 142 Å². The summed E-state index contributed by atoms with van der Waals surface area (Å²) in [5.41, 5.74) is 2.76. The first-order valence-corrected chi connectivity index (χ1v) is 7.92. The normalized spacial score (nSPS) is 10.3. The summed E-state index contributed by atoms with van der Waals surface area (Å²) < 4.78 is 2.91. The smallest absolute Gasteiger partial charge is 0.130 e. The molecule has 23 heavy (non-hydrogen) atoms. The Morgan fingerprint density at radius 2 is 1.96 bits per heavy atom. The van der Waals surface area contributed by atoms with Crippen LogP contribution in [0.5, 0.6) is 0 Å². The van der Waals surface area contributed by atoms with Crippen LogP contribution in [0, 0.1) is 11.3 Å². The Morgan fingerprint density at radius 3 is 2.57 bits per heavy atom. The van der Waals surface area contributed by atoms with Crippen molar-refractivity contribution in [1.82, 2.24) is 14.8 Å². The molecule has 0 aliphatic carbocycles. The summed E-state index contributed by atoms with van der Waals surface area (Å²) >= 11 is 3.39. The van der Waals surface area contributed by atoms with Crippen molar-refractivity contribution < 1.29 is 0 Å². The van der Waals surface area contributed by atoms with Crippen LogP contribution >= 0.6 is 15.9 Å². The van der Waals surface area contributed by atoms with Crippen molar-refractivity contribution in [2.75, 3.05) is 5.32 Å². The first-order valence-electron chi connectivity index (χ1n) is 7.13. The molecule has 0 aliphatic heterocycles. The molecule has 0 radical (unpaired) electrons. The van der Waals surface area contributed by atoms with Crippen LogP contribution in [0.25, 0.3) is 0 Å². The monoisotopic (exact) mass is 367 g/mol. The van der Waals surface area contributed by atoms with Gasteiger partial charge < -0.3 is 5.32 Å². The zero-order valence-electron chi connectivity index (χ0n) is 12.3. The Morgan fingerprint density at radius 1 is 1.13 bits per heavy atom. The summed E-state index contributed by atoms with van der Waals surface area (Å²) in [7, 11) is 0. The maximum atomic E-state index is 8.76. The predicted molar refractivity (Wildman–Crippen MR) is 92.3 cm³/mol. The molecule has 0 spiro atoms. The number of nitrogens with one attached hydrogen (secondary N) is 1. The van der Waals surface area contributed by atoms with E-state index in [2.05, 4.69) is 49.5 Å². The molecule has 0 amide bonds. The van der Waals surface area contributed by atoms with Crippen molar-refractivity contribution >= 4 is 27.4 Å². The van der Waals surface area contributed by atoms with Crippen LogP contribution in [0.1, 0.15) is 11.1 Å². The van der Waals surface area contributed by atoms with Gasteiger partial charge in [0.2, 0.25) is 0 Å². The van der Waals surface area contributed by atoms with E-state index in [0.29, 0.717) is 5.56 Å². The molecule has 2 heterocycles. The number of rotatable bonds is 5. The molecule has 2 aromatic heterocycles. The van der Waals surface area contributed by atoms with Crippen molar-refractivity contribution in [2.24, 2.45) is 0 Å². The molecule has 1 aromatic carbocycles. The maximum absolute atomic E-state index is 8.76. The van der Waals surface area contributed by atoms with Gasteiger partial charge in [0.1, 0.15) is 11.9 Å². The molecule has 0 saturated heterocycles. The van der Waals surface area contributed by atoms with Gasteiger partial charge in [-0.2, -0.15) is 10.4 Å². The van der Waals surface area contributed by atoms with E-state index in [1.807, 2.05) is 23.0 Å². The Balaban J connectivity index is 1.59. The first kappa shape index (κ1) is 15.3. The van der Waals surface area contributed by atoms with E-state index >= 15 is 0 Å². The van der Waals surface area contributed by atoms with Crippen molar-refractivity contribution in [2.45, 2.75) is 13.0 Å². The summed E-state index contributed by atoms with van der Waals surface area (Å²) in [5.74, 6) is 0.721. The number of aryl methyl sites for hydroxylation is 2. The molecule has 0 atom stereocenters. The third kappa shape index (κ3) is 4.18. The predicted octanol–water partition coefficient (Wildman–Crippen LogP) is 3.90.